The highest BCUT2D eigenvalue weighted by atomic mass is 16.3. The van der Waals surface area contributed by atoms with Crippen LogP contribution in [0.2, 0.25) is 0 Å². The quantitative estimate of drug-likeness (QED) is 0.220. The number of aliphatic hydroxyl groups excluding tert-OH is 6. The summed E-state index contributed by atoms with van der Waals surface area (Å²) in [4.78, 5) is 11.8. The Labute approximate surface area is 153 Å². The summed E-state index contributed by atoms with van der Waals surface area (Å²) in [5.74, 6) is 0. The predicted molar refractivity (Wildman–Crippen MR) is 92.9 cm³/mol. The van der Waals surface area contributed by atoms with Crippen LogP contribution in [-0.4, -0.2) is 115 Å². The van der Waals surface area contributed by atoms with E-state index in [-0.39, 0.29) is 13.1 Å². The van der Waals surface area contributed by atoms with Gasteiger partial charge in [0.15, 0.2) is 0 Å². The van der Waals surface area contributed by atoms with Crippen LogP contribution in [0.5, 0.6) is 0 Å². The van der Waals surface area contributed by atoms with Gasteiger partial charge in [-0.3, -0.25) is 19.8 Å². The predicted octanol–water partition coefficient (Wildman–Crippen LogP) is -3.23. The van der Waals surface area contributed by atoms with E-state index in [1.165, 1.54) is 12.4 Å². The largest absolute Gasteiger partial charge is 0.394 e. The van der Waals surface area contributed by atoms with Crippen LogP contribution in [0.25, 0.3) is 0 Å². The maximum Gasteiger partial charge on any atom is 0.0907 e. The standard InChI is InChI=1S/C16H30N4O6/c1-19(15(7-21,8-22)9-23)5-13-3-17-4-14(18-13)6-20(2)16(10-24,11-25)12-26/h3-4,21-26H,5-12H2,1-2H3. The van der Waals surface area contributed by atoms with Crippen LogP contribution < -0.4 is 0 Å². The second-order valence-corrected chi connectivity index (χ2v) is 6.61. The lowest BCUT2D eigenvalue weighted by atomic mass is 10.0. The molecule has 1 heterocycles. The molecule has 10 nitrogen and oxygen atoms in total. The molecule has 26 heavy (non-hydrogen) atoms. The molecule has 0 saturated heterocycles. The Hall–Kier alpha value is -1.24. The van der Waals surface area contributed by atoms with Gasteiger partial charge in [0.1, 0.15) is 0 Å². The summed E-state index contributed by atoms with van der Waals surface area (Å²) in [6.45, 7) is -2.04. The molecule has 0 aliphatic heterocycles. The first-order valence-electron chi connectivity index (χ1n) is 8.24. The second kappa shape index (κ2) is 10.2. The van der Waals surface area contributed by atoms with Crippen molar-refractivity contribution in [3.8, 4) is 0 Å². The normalized spacial score (nSPS) is 13.0. The Bertz CT molecular complexity index is 479. The molecule has 1 aromatic rings. The fraction of sp³-hybridized carbons (Fsp3) is 0.750. The Balaban J connectivity index is 2.92. The van der Waals surface area contributed by atoms with Gasteiger partial charge >= 0.3 is 0 Å². The fourth-order valence-electron chi connectivity index (χ4n) is 2.45. The summed E-state index contributed by atoms with van der Waals surface area (Å²) in [6, 6.07) is 0. The molecule has 1 aromatic heterocycles. The van der Waals surface area contributed by atoms with Crippen molar-refractivity contribution in [2.75, 3.05) is 53.7 Å². The van der Waals surface area contributed by atoms with Gasteiger partial charge in [-0.15, -0.1) is 0 Å². The van der Waals surface area contributed by atoms with Crippen molar-refractivity contribution in [2.24, 2.45) is 0 Å². The zero-order valence-electron chi connectivity index (χ0n) is 15.3. The number of hydrogen-bond donors (Lipinski definition) is 6. The highest BCUT2D eigenvalue weighted by Crippen LogP contribution is 2.17. The third kappa shape index (κ3) is 4.93. The molecule has 0 radical (unpaired) electrons. The number of rotatable bonds is 12. The van der Waals surface area contributed by atoms with E-state index in [1.807, 2.05) is 0 Å². The molecule has 0 atom stereocenters. The summed E-state index contributed by atoms with van der Waals surface area (Å²) in [6.07, 6.45) is 3.07. The molecule has 0 fully saturated rings. The lowest BCUT2D eigenvalue weighted by Crippen LogP contribution is -2.55. The van der Waals surface area contributed by atoms with Gasteiger partial charge in [0.2, 0.25) is 0 Å². The molecular weight excluding hydrogens is 344 g/mol. The minimum absolute atomic E-state index is 0.234. The van der Waals surface area contributed by atoms with Crippen LogP contribution in [0.4, 0.5) is 0 Å². The smallest absolute Gasteiger partial charge is 0.0907 e. The molecule has 0 aliphatic rings. The molecule has 0 spiro atoms. The topological polar surface area (TPSA) is 154 Å². The number of aliphatic hydroxyl groups is 6. The maximum atomic E-state index is 9.49. The van der Waals surface area contributed by atoms with Crippen LogP contribution in [0.3, 0.4) is 0 Å². The summed E-state index contributed by atoms with van der Waals surface area (Å²) < 4.78 is 0. The van der Waals surface area contributed by atoms with Gasteiger partial charge < -0.3 is 30.6 Å². The van der Waals surface area contributed by atoms with Gasteiger partial charge in [0.05, 0.1) is 62.1 Å². The first-order valence-corrected chi connectivity index (χ1v) is 8.24. The number of aromatic nitrogens is 2. The minimum atomic E-state index is -1.17. The van der Waals surface area contributed by atoms with Crippen molar-refractivity contribution in [3.05, 3.63) is 23.8 Å². The van der Waals surface area contributed by atoms with Crippen molar-refractivity contribution >= 4 is 0 Å². The van der Waals surface area contributed by atoms with E-state index < -0.39 is 50.7 Å². The van der Waals surface area contributed by atoms with E-state index in [0.29, 0.717) is 11.4 Å². The molecule has 6 N–H and O–H groups in total. The third-order valence-corrected chi connectivity index (χ3v) is 4.92. The van der Waals surface area contributed by atoms with Crippen LogP contribution in [0.15, 0.2) is 12.4 Å². The van der Waals surface area contributed by atoms with Crippen molar-refractivity contribution < 1.29 is 30.6 Å². The van der Waals surface area contributed by atoms with Crippen LogP contribution in [0, 0.1) is 0 Å². The Kier molecular flexibility index (Phi) is 8.93. The van der Waals surface area contributed by atoms with Crippen LogP contribution in [-0.2, 0) is 13.1 Å². The van der Waals surface area contributed by atoms with Crippen molar-refractivity contribution in [3.63, 3.8) is 0 Å². The monoisotopic (exact) mass is 374 g/mol. The second-order valence-electron chi connectivity index (χ2n) is 6.61. The molecule has 0 amide bonds. The van der Waals surface area contributed by atoms with E-state index in [2.05, 4.69) is 9.97 Å². The molecule has 10 heteroatoms. The van der Waals surface area contributed by atoms with Crippen molar-refractivity contribution in [2.45, 2.75) is 24.2 Å². The Morgan fingerprint density at radius 2 is 1.00 bits per heavy atom. The van der Waals surface area contributed by atoms with Gasteiger partial charge in [0, 0.05) is 25.5 Å². The lowest BCUT2D eigenvalue weighted by Gasteiger charge is -2.38. The lowest BCUT2D eigenvalue weighted by molar-refractivity contribution is -0.0403. The SMILES string of the molecule is CN(Cc1cncc(CN(C)C(CO)(CO)CO)n1)C(CO)(CO)CO. The molecule has 1 rings (SSSR count). The van der Waals surface area contributed by atoms with E-state index in [0.717, 1.165) is 0 Å². The highest BCUT2D eigenvalue weighted by molar-refractivity contribution is 5.05. The summed E-state index contributed by atoms with van der Waals surface area (Å²) in [7, 11) is 3.30. The van der Waals surface area contributed by atoms with E-state index in [1.54, 1.807) is 23.9 Å². The average Bonchev–Trinajstić information content (AvgIpc) is 2.66. The van der Waals surface area contributed by atoms with Crippen molar-refractivity contribution in [1.29, 1.82) is 0 Å². The van der Waals surface area contributed by atoms with E-state index in [4.69, 9.17) is 0 Å². The summed E-state index contributed by atoms with van der Waals surface area (Å²) in [5, 5.41) is 57.0. The fourth-order valence-corrected chi connectivity index (χ4v) is 2.45. The van der Waals surface area contributed by atoms with Gasteiger partial charge in [-0.05, 0) is 14.1 Å². The molecule has 0 aliphatic carbocycles. The van der Waals surface area contributed by atoms with Crippen LogP contribution >= 0.6 is 0 Å². The number of likely N-dealkylation sites (N-methyl/N-ethyl adjacent to an activating group) is 2. The Morgan fingerprint density at radius 3 is 1.27 bits per heavy atom. The summed E-state index contributed by atoms with van der Waals surface area (Å²) in [5.41, 5.74) is -1.23. The molecule has 0 saturated carbocycles. The minimum Gasteiger partial charge on any atom is -0.394 e. The van der Waals surface area contributed by atoms with Gasteiger partial charge in [-0.2, -0.15) is 0 Å². The van der Waals surface area contributed by atoms with Gasteiger partial charge in [-0.1, -0.05) is 0 Å². The summed E-state index contributed by atoms with van der Waals surface area (Å²) >= 11 is 0. The Morgan fingerprint density at radius 1 is 0.692 bits per heavy atom. The zero-order chi connectivity index (χ0) is 19.8. The average molecular weight is 374 g/mol. The highest BCUT2D eigenvalue weighted by Gasteiger charge is 2.34. The molecule has 0 bridgehead atoms. The van der Waals surface area contributed by atoms with Crippen LogP contribution in [0.1, 0.15) is 11.4 Å². The zero-order valence-corrected chi connectivity index (χ0v) is 15.3. The number of hydrogen-bond acceptors (Lipinski definition) is 10. The molecular formula is C16H30N4O6. The molecule has 0 aromatic carbocycles. The van der Waals surface area contributed by atoms with Gasteiger partial charge in [-0.25, -0.2) is 0 Å². The third-order valence-electron chi connectivity index (χ3n) is 4.92. The first-order chi connectivity index (χ1) is 12.4. The van der Waals surface area contributed by atoms with E-state index >= 15 is 0 Å². The van der Waals surface area contributed by atoms with E-state index in [9.17, 15) is 30.6 Å². The maximum absolute atomic E-state index is 9.49. The van der Waals surface area contributed by atoms with Crippen molar-refractivity contribution in [1.82, 2.24) is 19.8 Å². The van der Waals surface area contributed by atoms with Gasteiger partial charge in [0.25, 0.3) is 0 Å². The molecule has 0 unspecified atom stereocenters. The number of nitrogens with zero attached hydrogens (tertiary/aromatic N) is 4. The molecule has 150 valence electrons. The first kappa shape index (κ1) is 22.8.